The summed E-state index contributed by atoms with van der Waals surface area (Å²) in [6.07, 6.45) is 10.7. The molecule has 0 spiro atoms. The predicted molar refractivity (Wildman–Crippen MR) is 91.2 cm³/mol. The van der Waals surface area contributed by atoms with E-state index in [0.29, 0.717) is 17.0 Å². The Morgan fingerprint density at radius 3 is 2.41 bits per heavy atom. The van der Waals surface area contributed by atoms with E-state index >= 15 is 0 Å². The lowest BCUT2D eigenvalue weighted by Crippen LogP contribution is -2.19. The van der Waals surface area contributed by atoms with Crippen LogP contribution in [0.25, 0.3) is 0 Å². The maximum absolute atomic E-state index is 14.2. The third kappa shape index (κ3) is 3.36. The average Bonchev–Trinajstić information content (AvgIpc) is 2.52. The van der Waals surface area contributed by atoms with Crippen molar-refractivity contribution in [2.75, 3.05) is 0 Å². The van der Waals surface area contributed by atoms with Crippen molar-refractivity contribution in [2.24, 2.45) is 17.8 Å². The average molecular weight is 310 g/mol. The van der Waals surface area contributed by atoms with Crippen molar-refractivity contribution >= 4 is 0 Å². The third-order valence-electron chi connectivity index (χ3n) is 6.02. The number of rotatable bonds is 3. The Morgan fingerprint density at radius 1 is 1.00 bits per heavy atom. The summed E-state index contributed by atoms with van der Waals surface area (Å²) >= 11 is 0. The summed E-state index contributed by atoms with van der Waals surface area (Å²) in [5, 5.41) is 0. The molecule has 0 saturated heterocycles. The van der Waals surface area contributed by atoms with Crippen LogP contribution in [0.4, 0.5) is 8.78 Å². The number of halogens is 2. The van der Waals surface area contributed by atoms with Crippen molar-refractivity contribution < 1.29 is 11.6 Å². The summed E-state index contributed by atoms with van der Waals surface area (Å²) < 4.78 is 28.0. The first-order valence-corrected chi connectivity index (χ1v) is 9.01. The van der Waals surface area contributed by atoms with Gasteiger partial charge in [-0.25, -0.2) is 8.78 Å². The lowest BCUT2D eigenvalue weighted by atomic mass is 9.76. The second-order valence-corrected chi connectivity index (χ2v) is 7.77. The minimum Gasteiger partial charge on any atom is -0.203 e. The largest absolute Gasteiger partial charge is 0.203 e. The zero-order valence-electron chi connectivity index (χ0n) is 13.9. The molecule has 1 aromatic rings. The number of hydrogen-bond donors (Lipinski definition) is 0. The Morgan fingerprint density at radius 2 is 1.68 bits per heavy atom. The maximum atomic E-state index is 14.2. The van der Waals surface area contributed by atoms with Crippen LogP contribution in [-0.4, -0.2) is 0 Å². The molecule has 1 saturated carbocycles. The second-order valence-electron chi connectivity index (χ2n) is 7.77. The molecule has 3 rings (SSSR count). The van der Waals surface area contributed by atoms with Gasteiger partial charge in [0.1, 0.15) is 0 Å². The minimum absolute atomic E-state index is 0. The van der Waals surface area contributed by atoms with Gasteiger partial charge in [-0.05, 0) is 67.1 Å². The second kappa shape index (κ2) is 6.68. The molecule has 2 heteroatoms. The SMILES string of the molecule is Cc1cc2c(c(F)c1F)CC(CCC1CCC(C)CC1)CC2.[HH].[HH]. The summed E-state index contributed by atoms with van der Waals surface area (Å²) in [6.45, 7) is 4.02. The van der Waals surface area contributed by atoms with Gasteiger partial charge in [-0.2, -0.15) is 0 Å². The smallest absolute Gasteiger partial charge is 0.162 e. The Hall–Kier alpha value is -0.920. The van der Waals surface area contributed by atoms with E-state index in [1.807, 2.05) is 6.07 Å². The molecule has 2 aliphatic rings. The summed E-state index contributed by atoms with van der Waals surface area (Å²) in [4.78, 5) is 0. The molecule has 0 nitrogen and oxygen atoms in total. The quantitative estimate of drug-likeness (QED) is 0.599. The van der Waals surface area contributed by atoms with Crippen LogP contribution in [0.15, 0.2) is 6.07 Å². The fraction of sp³-hybridized carbons (Fsp3) is 0.700. The number of hydrogen-bond acceptors (Lipinski definition) is 0. The van der Waals surface area contributed by atoms with Crippen LogP contribution in [0.5, 0.6) is 0 Å². The summed E-state index contributed by atoms with van der Waals surface area (Å²) in [6, 6.07) is 1.85. The van der Waals surface area contributed by atoms with E-state index in [1.165, 1.54) is 38.5 Å². The van der Waals surface area contributed by atoms with Gasteiger partial charge in [0.25, 0.3) is 0 Å². The van der Waals surface area contributed by atoms with Crippen molar-refractivity contribution in [3.05, 3.63) is 34.4 Å². The van der Waals surface area contributed by atoms with Gasteiger partial charge >= 0.3 is 0 Å². The highest BCUT2D eigenvalue weighted by molar-refractivity contribution is 5.36. The van der Waals surface area contributed by atoms with Crippen molar-refractivity contribution in [3.63, 3.8) is 0 Å². The molecule has 0 aliphatic heterocycles. The first-order valence-electron chi connectivity index (χ1n) is 9.01. The highest BCUT2D eigenvalue weighted by Crippen LogP contribution is 2.36. The molecule has 126 valence electrons. The Balaban J connectivity index is 0.00000144. The van der Waals surface area contributed by atoms with Crippen LogP contribution in [-0.2, 0) is 12.8 Å². The van der Waals surface area contributed by atoms with Gasteiger partial charge in [-0.3, -0.25) is 0 Å². The van der Waals surface area contributed by atoms with E-state index in [2.05, 4.69) is 6.92 Å². The molecule has 22 heavy (non-hydrogen) atoms. The van der Waals surface area contributed by atoms with E-state index in [9.17, 15) is 8.78 Å². The summed E-state index contributed by atoms with van der Waals surface area (Å²) in [5.74, 6) is 1.10. The van der Waals surface area contributed by atoms with E-state index in [4.69, 9.17) is 0 Å². The molecule has 1 fully saturated rings. The summed E-state index contributed by atoms with van der Waals surface area (Å²) in [7, 11) is 0. The molecule has 1 aromatic carbocycles. The molecule has 0 N–H and O–H groups in total. The molecule has 0 bridgehead atoms. The normalized spacial score (nSPS) is 28.5. The van der Waals surface area contributed by atoms with Crippen LogP contribution >= 0.6 is 0 Å². The molecule has 1 unspecified atom stereocenters. The fourth-order valence-electron chi connectivity index (χ4n) is 4.39. The summed E-state index contributed by atoms with van der Waals surface area (Å²) in [5.41, 5.74) is 2.15. The van der Waals surface area contributed by atoms with Gasteiger partial charge in [0, 0.05) is 2.85 Å². The van der Waals surface area contributed by atoms with Gasteiger partial charge in [-0.15, -0.1) is 0 Å². The first kappa shape index (κ1) is 16.0. The minimum atomic E-state index is -0.638. The van der Waals surface area contributed by atoms with E-state index in [-0.39, 0.29) is 2.85 Å². The van der Waals surface area contributed by atoms with Gasteiger partial charge < -0.3 is 0 Å². The van der Waals surface area contributed by atoms with Crippen LogP contribution in [0, 0.1) is 36.3 Å². The Kier molecular flexibility index (Phi) is 4.84. The van der Waals surface area contributed by atoms with Crippen LogP contribution in [0.2, 0.25) is 0 Å². The molecule has 0 aromatic heterocycles. The fourth-order valence-corrected chi connectivity index (χ4v) is 4.39. The molecule has 1 atom stereocenters. The van der Waals surface area contributed by atoms with Gasteiger partial charge in [0.2, 0.25) is 0 Å². The number of aryl methyl sites for hydroxylation is 2. The predicted octanol–water partition coefficient (Wildman–Crippen LogP) is 6.48. The van der Waals surface area contributed by atoms with E-state index in [1.54, 1.807) is 6.92 Å². The van der Waals surface area contributed by atoms with Crippen molar-refractivity contribution in [2.45, 2.75) is 71.6 Å². The molecule has 0 amide bonds. The van der Waals surface area contributed by atoms with Crippen LogP contribution in [0.3, 0.4) is 0 Å². The third-order valence-corrected chi connectivity index (χ3v) is 6.02. The Labute approximate surface area is 136 Å². The lowest BCUT2D eigenvalue weighted by Gasteiger charge is -2.30. The van der Waals surface area contributed by atoms with E-state index < -0.39 is 11.6 Å². The molecular formula is C20H32F2. The lowest BCUT2D eigenvalue weighted by molar-refractivity contribution is 0.254. The molecule has 2 aliphatic carbocycles. The van der Waals surface area contributed by atoms with Crippen LogP contribution in [0.1, 0.15) is 71.4 Å². The molecule has 0 radical (unpaired) electrons. The Bertz CT molecular complexity index is 537. The van der Waals surface area contributed by atoms with Crippen LogP contribution < -0.4 is 0 Å². The highest BCUT2D eigenvalue weighted by atomic mass is 19.2. The van der Waals surface area contributed by atoms with Gasteiger partial charge in [0.05, 0.1) is 0 Å². The standard InChI is InChI=1S/C20H28F2.2H2/c1-13-3-5-15(6-4-13)7-8-16-9-10-17-11-14(2)19(21)20(22)18(17)12-16;;/h11,13,15-16H,3-10,12H2,1-2H3;2*1H. The molecule has 0 heterocycles. The maximum Gasteiger partial charge on any atom is 0.162 e. The highest BCUT2D eigenvalue weighted by Gasteiger charge is 2.26. The van der Waals surface area contributed by atoms with Gasteiger partial charge in [-0.1, -0.05) is 45.1 Å². The zero-order chi connectivity index (χ0) is 15.7. The van der Waals surface area contributed by atoms with Gasteiger partial charge in [0.15, 0.2) is 11.6 Å². The topological polar surface area (TPSA) is 0 Å². The van der Waals surface area contributed by atoms with Crippen molar-refractivity contribution in [3.8, 4) is 0 Å². The first-order chi connectivity index (χ1) is 10.5. The van der Waals surface area contributed by atoms with E-state index in [0.717, 1.165) is 36.7 Å². The van der Waals surface area contributed by atoms with Crippen molar-refractivity contribution in [1.82, 2.24) is 0 Å². The molecular weight excluding hydrogens is 278 g/mol. The van der Waals surface area contributed by atoms with Crippen molar-refractivity contribution in [1.29, 1.82) is 0 Å². The monoisotopic (exact) mass is 310 g/mol. The number of fused-ring (bicyclic) bond motifs is 1. The zero-order valence-corrected chi connectivity index (χ0v) is 13.9. The number of benzene rings is 1.